The van der Waals surface area contributed by atoms with Crippen molar-refractivity contribution in [2.24, 2.45) is 5.92 Å². The number of likely N-dealkylation sites (tertiary alicyclic amines) is 1. The predicted octanol–water partition coefficient (Wildman–Crippen LogP) is 1.78. The molecule has 2 saturated heterocycles. The van der Waals surface area contributed by atoms with Crippen LogP contribution in [-0.2, 0) is 0 Å². The summed E-state index contributed by atoms with van der Waals surface area (Å²) >= 11 is 5.93. The van der Waals surface area contributed by atoms with Gasteiger partial charge in [0.1, 0.15) is 5.75 Å². The molecule has 2 atom stereocenters. The van der Waals surface area contributed by atoms with Gasteiger partial charge in [0.2, 0.25) is 0 Å². The van der Waals surface area contributed by atoms with E-state index in [-0.39, 0.29) is 5.91 Å². The van der Waals surface area contributed by atoms with Crippen molar-refractivity contribution >= 4 is 17.5 Å². The normalized spacial score (nSPS) is 25.5. The van der Waals surface area contributed by atoms with E-state index in [4.69, 9.17) is 16.3 Å². The minimum atomic E-state index is 0.0460. The first-order valence-corrected chi connectivity index (χ1v) is 6.93. The van der Waals surface area contributed by atoms with Crippen LogP contribution in [0.1, 0.15) is 16.8 Å². The van der Waals surface area contributed by atoms with E-state index < -0.39 is 0 Å². The number of benzene rings is 1. The van der Waals surface area contributed by atoms with Gasteiger partial charge in [0, 0.05) is 30.7 Å². The molecule has 2 heterocycles. The minimum absolute atomic E-state index is 0.0460. The first-order chi connectivity index (χ1) is 9.20. The molecule has 4 nitrogen and oxygen atoms in total. The van der Waals surface area contributed by atoms with Crippen LogP contribution in [0.5, 0.6) is 5.75 Å². The average molecular weight is 281 g/mol. The number of amides is 1. The summed E-state index contributed by atoms with van der Waals surface area (Å²) in [7, 11) is 1.56. The molecule has 0 aromatic heterocycles. The molecule has 2 fully saturated rings. The fourth-order valence-electron chi connectivity index (χ4n) is 3.10. The molecule has 0 unspecified atom stereocenters. The van der Waals surface area contributed by atoms with E-state index in [1.807, 2.05) is 4.90 Å². The lowest BCUT2D eigenvalue weighted by Gasteiger charge is -2.24. The lowest BCUT2D eigenvalue weighted by Crippen LogP contribution is -2.39. The Morgan fingerprint density at radius 3 is 3.11 bits per heavy atom. The highest BCUT2D eigenvalue weighted by Gasteiger charge is 2.40. The van der Waals surface area contributed by atoms with Gasteiger partial charge in [0.15, 0.2) is 0 Å². The monoisotopic (exact) mass is 280 g/mol. The van der Waals surface area contributed by atoms with Crippen molar-refractivity contribution in [3.8, 4) is 5.75 Å². The fraction of sp³-hybridized carbons (Fsp3) is 0.500. The second-order valence-electron chi connectivity index (χ2n) is 5.12. The van der Waals surface area contributed by atoms with E-state index in [1.165, 1.54) is 0 Å². The molecule has 5 heteroatoms. The molecule has 0 spiro atoms. The zero-order valence-electron chi connectivity index (χ0n) is 10.9. The van der Waals surface area contributed by atoms with Crippen molar-refractivity contribution < 1.29 is 9.53 Å². The Hall–Kier alpha value is -1.26. The number of rotatable bonds is 2. The quantitative estimate of drug-likeness (QED) is 0.898. The highest BCUT2D eigenvalue weighted by molar-refractivity contribution is 6.30. The molecule has 2 aliphatic rings. The van der Waals surface area contributed by atoms with Gasteiger partial charge in [-0.2, -0.15) is 0 Å². The van der Waals surface area contributed by atoms with E-state index in [0.717, 1.165) is 26.1 Å². The number of fused-ring (bicyclic) bond motifs is 1. The third-order valence-corrected chi connectivity index (χ3v) is 4.34. The molecule has 1 N–H and O–H groups in total. The molecular formula is C14H17ClN2O2. The maximum Gasteiger partial charge on any atom is 0.257 e. The van der Waals surface area contributed by atoms with Gasteiger partial charge in [-0.05, 0) is 30.5 Å². The van der Waals surface area contributed by atoms with Crippen LogP contribution < -0.4 is 10.1 Å². The number of methoxy groups -OCH3 is 1. The predicted molar refractivity (Wildman–Crippen MR) is 73.8 cm³/mol. The molecule has 0 saturated carbocycles. The molecule has 1 amide bonds. The molecular weight excluding hydrogens is 264 g/mol. The van der Waals surface area contributed by atoms with Gasteiger partial charge in [-0.1, -0.05) is 11.6 Å². The summed E-state index contributed by atoms with van der Waals surface area (Å²) in [6.45, 7) is 2.75. The maximum absolute atomic E-state index is 12.7. The van der Waals surface area contributed by atoms with Crippen LogP contribution in [0.15, 0.2) is 18.2 Å². The molecule has 19 heavy (non-hydrogen) atoms. The third kappa shape index (κ3) is 2.19. The lowest BCUT2D eigenvalue weighted by molar-refractivity contribution is 0.0733. The minimum Gasteiger partial charge on any atom is -0.496 e. The van der Waals surface area contributed by atoms with Crippen molar-refractivity contribution in [1.29, 1.82) is 0 Å². The standard InChI is InChI=1S/C14H17ClN2O2/c1-19-13-6-10(15)2-3-11(13)14(18)17-5-4-9-7-16-8-12(9)17/h2-3,6,9,12,16H,4-5,7-8H2,1H3/t9-,12+/m0/s1. The van der Waals surface area contributed by atoms with Crippen LogP contribution in [0, 0.1) is 5.92 Å². The number of hydrogen-bond acceptors (Lipinski definition) is 3. The van der Waals surface area contributed by atoms with Gasteiger partial charge in [0.25, 0.3) is 5.91 Å². The summed E-state index contributed by atoms with van der Waals surface area (Å²) < 4.78 is 5.27. The summed E-state index contributed by atoms with van der Waals surface area (Å²) in [6, 6.07) is 5.50. The van der Waals surface area contributed by atoms with Crippen molar-refractivity contribution in [3.05, 3.63) is 28.8 Å². The van der Waals surface area contributed by atoms with Gasteiger partial charge in [-0.25, -0.2) is 0 Å². The summed E-state index contributed by atoms with van der Waals surface area (Å²) in [6.07, 6.45) is 1.08. The van der Waals surface area contributed by atoms with Crippen LogP contribution in [0.25, 0.3) is 0 Å². The summed E-state index contributed by atoms with van der Waals surface area (Å²) in [5.74, 6) is 1.19. The van der Waals surface area contributed by atoms with Crippen molar-refractivity contribution in [1.82, 2.24) is 10.2 Å². The lowest BCUT2D eigenvalue weighted by atomic mass is 10.0. The summed E-state index contributed by atoms with van der Waals surface area (Å²) in [5, 5.41) is 3.93. The van der Waals surface area contributed by atoms with Gasteiger partial charge < -0.3 is 15.0 Å². The largest absolute Gasteiger partial charge is 0.496 e. The second kappa shape index (κ2) is 5.02. The van der Waals surface area contributed by atoms with E-state index in [9.17, 15) is 4.79 Å². The molecule has 2 aliphatic heterocycles. The smallest absolute Gasteiger partial charge is 0.257 e. The number of nitrogens with one attached hydrogen (secondary N) is 1. The zero-order valence-corrected chi connectivity index (χ0v) is 11.6. The van der Waals surface area contributed by atoms with E-state index in [1.54, 1.807) is 25.3 Å². The van der Waals surface area contributed by atoms with Crippen LogP contribution >= 0.6 is 11.6 Å². The zero-order chi connectivity index (χ0) is 13.4. The van der Waals surface area contributed by atoms with Gasteiger partial charge in [-0.3, -0.25) is 4.79 Å². The Kier molecular flexibility index (Phi) is 3.37. The van der Waals surface area contributed by atoms with Gasteiger partial charge in [0.05, 0.1) is 12.7 Å². The number of halogens is 1. The summed E-state index contributed by atoms with van der Waals surface area (Å²) in [4.78, 5) is 14.6. The Labute approximate surface area is 117 Å². The fourth-order valence-corrected chi connectivity index (χ4v) is 3.26. The Morgan fingerprint density at radius 1 is 1.47 bits per heavy atom. The highest BCUT2D eigenvalue weighted by atomic mass is 35.5. The van der Waals surface area contributed by atoms with E-state index in [0.29, 0.717) is 28.3 Å². The Balaban J connectivity index is 1.88. The van der Waals surface area contributed by atoms with Gasteiger partial charge >= 0.3 is 0 Å². The highest BCUT2D eigenvalue weighted by Crippen LogP contribution is 2.31. The Bertz CT molecular complexity index is 506. The number of ether oxygens (including phenoxy) is 1. The number of carbonyl (C=O) groups is 1. The first-order valence-electron chi connectivity index (χ1n) is 6.56. The van der Waals surface area contributed by atoms with Crippen molar-refractivity contribution in [2.75, 3.05) is 26.7 Å². The maximum atomic E-state index is 12.7. The van der Waals surface area contributed by atoms with Crippen molar-refractivity contribution in [3.63, 3.8) is 0 Å². The number of nitrogens with zero attached hydrogens (tertiary/aromatic N) is 1. The summed E-state index contributed by atoms with van der Waals surface area (Å²) in [5.41, 5.74) is 0.597. The molecule has 0 aliphatic carbocycles. The van der Waals surface area contributed by atoms with Crippen molar-refractivity contribution in [2.45, 2.75) is 12.5 Å². The van der Waals surface area contributed by atoms with E-state index in [2.05, 4.69) is 5.32 Å². The van der Waals surface area contributed by atoms with Crippen LogP contribution in [0.2, 0.25) is 5.02 Å². The SMILES string of the molecule is COc1cc(Cl)ccc1C(=O)N1CC[C@H]2CNC[C@H]21. The molecule has 102 valence electrons. The molecule has 1 aromatic carbocycles. The molecule has 3 rings (SSSR count). The second-order valence-corrected chi connectivity index (χ2v) is 5.55. The molecule has 0 radical (unpaired) electrons. The third-order valence-electron chi connectivity index (χ3n) is 4.10. The molecule has 1 aromatic rings. The van der Waals surface area contributed by atoms with Crippen LogP contribution in [0.4, 0.5) is 0 Å². The molecule has 0 bridgehead atoms. The number of carbonyl (C=O) groups excluding carboxylic acids is 1. The van der Waals surface area contributed by atoms with Crippen LogP contribution in [0.3, 0.4) is 0 Å². The first kappa shape index (κ1) is 12.8. The van der Waals surface area contributed by atoms with Crippen LogP contribution in [-0.4, -0.2) is 43.6 Å². The topological polar surface area (TPSA) is 41.6 Å². The number of hydrogen-bond donors (Lipinski definition) is 1. The Morgan fingerprint density at radius 2 is 2.32 bits per heavy atom. The average Bonchev–Trinajstić information content (AvgIpc) is 3.00. The van der Waals surface area contributed by atoms with E-state index >= 15 is 0 Å². The van der Waals surface area contributed by atoms with Gasteiger partial charge in [-0.15, -0.1) is 0 Å².